The van der Waals surface area contributed by atoms with Crippen LogP contribution < -0.4 is 0 Å². The Morgan fingerprint density at radius 1 is 0.638 bits per heavy atom. The molecule has 0 heterocycles. The van der Waals surface area contributed by atoms with Crippen LogP contribution in [-0.4, -0.2) is 97.3 Å². The molecule has 12 heteroatoms. The first-order valence-electron chi connectivity index (χ1n) is 21.9. The highest BCUT2D eigenvalue weighted by Crippen LogP contribution is 2.43. The Morgan fingerprint density at radius 3 is 1.81 bits per heavy atom. The zero-order valence-electron chi connectivity index (χ0n) is 36.7. The predicted molar refractivity (Wildman–Crippen MR) is 236 cm³/mol. The molecule has 0 aromatic carbocycles. The molecule has 0 bridgehead atoms. The van der Waals surface area contributed by atoms with Crippen LogP contribution in [0.25, 0.3) is 0 Å². The van der Waals surface area contributed by atoms with E-state index in [0.717, 1.165) is 51.4 Å². The van der Waals surface area contributed by atoms with E-state index >= 15 is 0 Å². The van der Waals surface area contributed by atoms with Crippen molar-refractivity contribution in [3.05, 3.63) is 72.9 Å². The van der Waals surface area contributed by atoms with Crippen molar-refractivity contribution in [2.45, 2.75) is 161 Å². The first-order valence-corrected chi connectivity index (χ1v) is 23.4. The minimum Gasteiger partial charge on any atom is -0.462 e. The van der Waals surface area contributed by atoms with E-state index in [9.17, 15) is 29.3 Å². The van der Waals surface area contributed by atoms with E-state index in [1.165, 1.54) is 38.5 Å². The number of carbonyl (C=O) groups is 2. The molecule has 0 radical (unpaired) electrons. The van der Waals surface area contributed by atoms with Gasteiger partial charge in [0, 0.05) is 12.8 Å². The Morgan fingerprint density at radius 2 is 1.19 bits per heavy atom. The van der Waals surface area contributed by atoms with Gasteiger partial charge in [0.25, 0.3) is 0 Å². The average molecular weight is 839 g/mol. The molecule has 0 aliphatic heterocycles. The summed E-state index contributed by atoms with van der Waals surface area (Å²) < 4.78 is 34.1. The molecule has 0 aliphatic rings. The fourth-order valence-corrected chi connectivity index (χ4v) is 6.10. The number of aliphatic hydroxyl groups is 2. The zero-order chi connectivity index (χ0) is 43.2. The van der Waals surface area contributed by atoms with Crippen LogP contribution in [0.4, 0.5) is 0 Å². The van der Waals surface area contributed by atoms with E-state index in [2.05, 4.69) is 44.2 Å². The second-order valence-corrected chi connectivity index (χ2v) is 17.2. The van der Waals surface area contributed by atoms with E-state index in [4.69, 9.17) is 18.5 Å². The minimum absolute atomic E-state index is 0.0145. The quantitative estimate of drug-likeness (QED) is 0.0137. The Labute approximate surface area is 352 Å². The van der Waals surface area contributed by atoms with E-state index in [0.29, 0.717) is 36.7 Å². The summed E-state index contributed by atoms with van der Waals surface area (Å²) in [6.45, 7) is 4.01. The highest BCUT2D eigenvalue weighted by atomic mass is 31.2. The average Bonchev–Trinajstić information content (AvgIpc) is 3.16. The Hall–Kier alpha value is -2.63. The molecular formula is C46H81NO10P+. The molecule has 11 nitrogen and oxygen atoms in total. The number of rotatable bonds is 38. The standard InChI is InChI=1S/C46H80NO10P/c1-6-8-10-12-14-15-16-17-18-19-20-21-22-24-30-36-46(51)57-44(41-56-58(52,53)55-39-38-47(3,4)5)40-54-45(50)37-31-35-43(49)34-29-26-25-28-33-42(48)32-27-23-13-11-9-7-2/h14-15,17-18,23,25-29,33-34,42-44,48-49H,6-13,16,19-22,24,30-32,35-41H2,1-5H3/p+1/b15-14-,18-17-,26-25+,27-23-,33-28+,34-29-/t42-,43-,44-/m1/s1. The van der Waals surface area contributed by atoms with Crippen molar-refractivity contribution in [1.29, 1.82) is 0 Å². The predicted octanol–water partition coefficient (Wildman–Crippen LogP) is 10.2. The van der Waals surface area contributed by atoms with Crippen LogP contribution in [0.5, 0.6) is 0 Å². The van der Waals surface area contributed by atoms with Gasteiger partial charge in [0.2, 0.25) is 0 Å². The number of allylic oxidation sites excluding steroid dienone is 9. The molecule has 58 heavy (non-hydrogen) atoms. The second-order valence-electron chi connectivity index (χ2n) is 15.8. The van der Waals surface area contributed by atoms with Crippen molar-refractivity contribution >= 4 is 19.8 Å². The number of likely N-dealkylation sites (N-methyl/N-ethyl adjacent to an activating group) is 1. The monoisotopic (exact) mass is 839 g/mol. The van der Waals surface area contributed by atoms with Crippen LogP contribution in [0, 0.1) is 0 Å². The van der Waals surface area contributed by atoms with Crippen LogP contribution in [0.1, 0.15) is 142 Å². The first-order chi connectivity index (χ1) is 27.8. The highest BCUT2D eigenvalue weighted by Gasteiger charge is 2.27. The van der Waals surface area contributed by atoms with Crippen LogP contribution in [0.15, 0.2) is 72.9 Å². The molecule has 3 N–H and O–H groups in total. The Kier molecular flexibility index (Phi) is 35.7. The number of quaternary nitrogens is 1. The first kappa shape index (κ1) is 55.4. The van der Waals surface area contributed by atoms with Gasteiger partial charge < -0.3 is 29.1 Å². The molecule has 0 saturated heterocycles. The Balaban J connectivity index is 4.66. The molecule has 0 aromatic heterocycles. The van der Waals surface area contributed by atoms with Crippen LogP contribution in [0.2, 0.25) is 0 Å². The van der Waals surface area contributed by atoms with E-state index < -0.39 is 44.7 Å². The van der Waals surface area contributed by atoms with Crippen molar-refractivity contribution in [2.24, 2.45) is 0 Å². The van der Waals surface area contributed by atoms with Crippen LogP contribution in [0.3, 0.4) is 0 Å². The number of nitrogens with zero attached hydrogens (tertiary/aromatic N) is 1. The number of hydrogen-bond acceptors (Lipinski definition) is 9. The largest absolute Gasteiger partial charge is 0.472 e. The summed E-state index contributed by atoms with van der Waals surface area (Å²) in [5, 5.41) is 20.3. The van der Waals surface area contributed by atoms with Gasteiger partial charge in [-0.3, -0.25) is 18.6 Å². The number of phosphoric ester groups is 1. The van der Waals surface area contributed by atoms with Crippen LogP contribution in [-0.2, 0) is 32.7 Å². The van der Waals surface area contributed by atoms with Crippen molar-refractivity contribution in [1.82, 2.24) is 0 Å². The molecule has 4 atom stereocenters. The fourth-order valence-electron chi connectivity index (χ4n) is 5.35. The van der Waals surface area contributed by atoms with Gasteiger partial charge in [0.1, 0.15) is 19.8 Å². The number of ether oxygens (including phenoxy) is 2. The lowest BCUT2D eigenvalue weighted by atomic mass is 10.1. The number of unbranched alkanes of at least 4 members (excludes halogenated alkanes) is 11. The van der Waals surface area contributed by atoms with Crippen molar-refractivity contribution < 1.29 is 52.3 Å². The molecular weight excluding hydrogens is 757 g/mol. The third-order valence-corrected chi connectivity index (χ3v) is 9.88. The van der Waals surface area contributed by atoms with Gasteiger partial charge in [-0.2, -0.15) is 0 Å². The maximum atomic E-state index is 12.7. The van der Waals surface area contributed by atoms with Gasteiger partial charge in [-0.15, -0.1) is 0 Å². The fraction of sp³-hybridized carbons (Fsp3) is 0.696. The highest BCUT2D eigenvalue weighted by molar-refractivity contribution is 7.47. The van der Waals surface area contributed by atoms with Gasteiger partial charge in [-0.05, 0) is 70.6 Å². The normalized spacial score (nSPS) is 15.4. The van der Waals surface area contributed by atoms with Crippen molar-refractivity contribution in [3.8, 4) is 0 Å². The number of aliphatic hydroxyl groups excluding tert-OH is 2. The van der Waals surface area contributed by atoms with Gasteiger partial charge >= 0.3 is 19.8 Å². The lowest BCUT2D eigenvalue weighted by Gasteiger charge is -2.24. The SMILES string of the molecule is CCCCC/C=C\C/C=C\CCCCCCCC(=O)O[C@H](COC(=O)CCC[C@H](O)\C=C/C=C/C=C/[C@H](O)C/C=C\CCCCC)COP(=O)(O)OCC[N+](C)(C)C. The molecule has 0 aliphatic carbocycles. The maximum Gasteiger partial charge on any atom is 0.472 e. The van der Waals surface area contributed by atoms with Crippen molar-refractivity contribution in [3.63, 3.8) is 0 Å². The van der Waals surface area contributed by atoms with Gasteiger partial charge in [-0.25, -0.2) is 4.57 Å². The summed E-state index contributed by atoms with van der Waals surface area (Å²) in [5.41, 5.74) is 0. The smallest absolute Gasteiger partial charge is 0.462 e. The molecule has 0 amide bonds. The summed E-state index contributed by atoms with van der Waals surface area (Å²) in [4.78, 5) is 35.4. The summed E-state index contributed by atoms with van der Waals surface area (Å²) >= 11 is 0. The van der Waals surface area contributed by atoms with E-state index in [1.54, 1.807) is 36.5 Å². The summed E-state index contributed by atoms with van der Waals surface area (Å²) in [7, 11) is 1.32. The number of hydrogen-bond donors (Lipinski definition) is 3. The van der Waals surface area contributed by atoms with Crippen LogP contribution >= 0.6 is 7.82 Å². The summed E-state index contributed by atoms with van der Waals surface area (Å²) in [5.74, 6) is -1.06. The third kappa shape index (κ3) is 40.2. The lowest BCUT2D eigenvalue weighted by Crippen LogP contribution is -2.37. The zero-order valence-corrected chi connectivity index (χ0v) is 37.6. The summed E-state index contributed by atoms with van der Waals surface area (Å²) in [6, 6.07) is 0. The van der Waals surface area contributed by atoms with Gasteiger partial charge in [-0.1, -0.05) is 132 Å². The third-order valence-electron chi connectivity index (χ3n) is 8.90. The van der Waals surface area contributed by atoms with Gasteiger partial charge in [0.15, 0.2) is 6.10 Å². The Bertz CT molecular complexity index is 1250. The molecule has 0 saturated carbocycles. The van der Waals surface area contributed by atoms with E-state index in [-0.39, 0.29) is 26.1 Å². The molecule has 0 fully saturated rings. The topological polar surface area (TPSA) is 149 Å². The van der Waals surface area contributed by atoms with Crippen molar-refractivity contribution in [2.75, 3.05) is 47.5 Å². The van der Waals surface area contributed by atoms with Gasteiger partial charge in [0.05, 0.1) is 40.0 Å². The maximum absolute atomic E-state index is 12.7. The molecule has 0 rings (SSSR count). The number of phosphoric acid groups is 1. The lowest BCUT2D eigenvalue weighted by molar-refractivity contribution is -0.870. The molecule has 334 valence electrons. The second kappa shape index (κ2) is 37.4. The minimum atomic E-state index is -4.44. The number of carbonyl (C=O) groups excluding carboxylic acids is 2. The van der Waals surface area contributed by atoms with E-state index in [1.807, 2.05) is 27.2 Å². The summed E-state index contributed by atoms with van der Waals surface area (Å²) in [6.07, 6.45) is 38.6. The molecule has 1 unspecified atom stereocenters. The number of esters is 2. The molecule has 0 aromatic rings. The molecule has 0 spiro atoms.